The lowest BCUT2D eigenvalue weighted by Gasteiger charge is -2.16. The van der Waals surface area contributed by atoms with Gasteiger partial charge in [0.25, 0.3) is 11.3 Å². The fourth-order valence-corrected chi connectivity index (χ4v) is 2.49. The van der Waals surface area contributed by atoms with Crippen LogP contribution in [0.15, 0.2) is 54.6 Å². The van der Waals surface area contributed by atoms with Gasteiger partial charge < -0.3 is 4.74 Å². The molecule has 1 atom stereocenters. The first-order valence-electron chi connectivity index (χ1n) is 7.62. The molecule has 0 saturated carbocycles. The van der Waals surface area contributed by atoms with E-state index in [1.165, 1.54) is 7.05 Å². The lowest BCUT2D eigenvalue weighted by atomic mass is 10.0. The van der Waals surface area contributed by atoms with E-state index in [4.69, 9.17) is 8.92 Å². The second kappa shape index (κ2) is 8.61. The minimum Gasteiger partial charge on any atom is -0.409 e. The molecule has 0 aliphatic carbocycles. The van der Waals surface area contributed by atoms with Crippen molar-refractivity contribution in [3.05, 3.63) is 65.7 Å². The Morgan fingerprint density at radius 2 is 1.83 bits per heavy atom. The molecule has 1 unspecified atom stereocenters. The van der Waals surface area contributed by atoms with Crippen LogP contribution in [0.2, 0.25) is 0 Å². The predicted molar refractivity (Wildman–Crippen MR) is 93.7 cm³/mol. The van der Waals surface area contributed by atoms with Crippen molar-refractivity contribution >= 4 is 17.4 Å². The number of ether oxygens (including phenoxy) is 1. The predicted octanol–water partition coefficient (Wildman–Crippen LogP) is 4.04. The maximum Gasteiger partial charge on any atom is 0.428 e. The van der Waals surface area contributed by atoms with Crippen molar-refractivity contribution in [2.24, 2.45) is 0 Å². The molecule has 5 nitrogen and oxygen atoms in total. The van der Waals surface area contributed by atoms with Crippen LogP contribution in [0.1, 0.15) is 30.9 Å². The molecule has 0 radical (unpaired) electrons. The van der Waals surface area contributed by atoms with Gasteiger partial charge in [0.05, 0.1) is 6.61 Å². The number of benzene rings is 2. The van der Waals surface area contributed by atoms with Gasteiger partial charge in [-0.05, 0) is 29.2 Å². The van der Waals surface area contributed by atoms with Crippen molar-refractivity contribution < 1.29 is 17.9 Å². The molecule has 6 heteroatoms. The third kappa shape index (κ3) is 5.18. The Morgan fingerprint density at radius 1 is 1.12 bits per heavy atom. The van der Waals surface area contributed by atoms with Crippen molar-refractivity contribution in [1.29, 1.82) is 0 Å². The van der Waals surface area contributed by atoms with E-state index >= 15 is 0 Å². The monoisotopic (exact) mass is 347 g/mol. The maximum atomic E-state index is 12.1. The Labute approximate surface area is 145 Å². The van der Waals surface area contributed by atoms with E-state index in [9.17, 15) is 9.00 Å². The van der Waals surface area contributed by atoms with Gasteiger partial charge in [0.2, 0.25) is 0 Å². The summed E-state index contributed by atoms with van der Waals surface area (Å²) in [7, 11) is 1.37. The Bertz CT molecular complexity index is 703. The molecule has 0 spiro atoms. The zero-order chi connectivity index (χ0) is 17.5. The molecule has 0 aliphatic heterocycles. The largest absolute Gasteiger partial charge is 0.428 e. The van der Waals surface area contributed by atoms with Gasteiger partial charge in [-0.2, -0.15) is 0 Å². The number of nitrogens with zero attached hydrogens (tertiary/aromatic N) is 1. The normalized spacial score (nSPS) is 12.0. The molecule has 0 fully saturated rings. The molecule has 24 heavy (non-hydrogen) atoms. The average Bonchev–Trinajstić information content (AvgIpc) is 2.60. The molecule has 0 bridgehead atoms. The zero-order valence-electron chi connectivity index (χ0n) is 14.0. The number of carbonyl (C=O) groups excluding carboxylic acids is 1. The Morgan fingerprint density at radius 3 is 2.50 bits per heavy atom. The van der Waals surface area contributed by atoms with Crippen molar-refractivity contribution in [1.82, 2.24) is 4.31 Å². The van der Waals surface area contributed by atoms with E-state index in [-0.39, 0.29) is 6.61 Å². The minimum absolute atomic E-state index is 0.147. The molecule has 0 heterocycles. The van der Waals surface area contributed by atoms with Gasteiger partial charge in [0.1, 0.15) is 5.75 Å². The molecule has 0 saturated heterocycles. The van der Waals surface area contributed by atoms with Crippen LogP contribution < -0.4 is 4.74 Å². The first-order chi connectivity index (χ1) is 11.5. The van der Waals surface area contributed by atoms with Gasteiger partial charge in [-0.15, -0.1) is 0 Å². The third-order valence-electron chi connectivity index (χ3n) is 3.38. The highest BCUT2D eigenvalue weighted by molar-refractivity contribution is 7.78. The van der Waals surface area contributed by atoms with Crippen molar-refractivity contribution in [2.75, 3.05) is 7.05 Å². The van der Waals surface area contributed by atoms with Crippen LogP contribution in [0.5, 0.6) is 5.75 Å². The highest BCUT2D eigenvalue weighted by Gasteiger charge is 2.19. The maximum absolute atomic E-state index is 12.1. The number of hydrogen-bond donors (Lipinski definition) is 0. The van der Waals surface area contributed by atoms with E-state index in [0.29, 0.717) is 11.7 Å². The van der Waals surface area contributed by atoms with Crippen molar-refractivity contribution in [3.8, 4) is 5.75 Å². The Kier molecular flexibility index (Phi) is 6.52. The number of rotatable bonds is 6. The molecule has 2 aromatic rings. The lowest BCUT2D eigenvalue weighted by molar-refractivity contribution is 0.181. The summed E-state index contributed by atoms with van der Waals surface area (Å²) >= 11 is -1.92. The first kappa shape index (κ1) is 18.2. The number of amides is 1. The summed E-state index contributed by atoms with van der Waals surface area (Å²) in [5.74, 6) is 0.739. The minimum atomic E-state index is -1.92. The van der Waals surface area contributed by atoms with Gasteiger partial charge in [0, 0.05) is 7.05 Å². The van der Waals surface area contributed by atoms with E-state index in [2.05, 4.69) is 13.8 Å². The van der Waals surface area contributed by atoms with E-state index in [1.54, 1.807) is 12.1 Å². The van der Waals surface area contributed by atoms with Crippen LogP contribution in [-0.2, 0) is 22.1 Å². The summed E-state index contributed by atoms with van der Waals surface area (Å²) in [6.07, 6.45) is -0.734. The van der Waals surface area contributed by atoms with Gasteiger partial charge in [-0.1, -0.05) is 56.3 Å². The van der Waals surface area contributed by atoms with Crippen LogP contribution in [0.3, 0.4) is 0 Å². The van der Waals surface area contributed by atoms with Gasteiger partial charge in [0.15, 0.2) is 0 Å². The zero-order valence-corrected chi connectivity index (χ0v) is 14.8. The number of hydrogen-bond acceptors (Lipinski definition) is 4. The summed E-state index contributed by atoms with van der Waals surface area (Å²) in [6, 6.07) is 16.6. The molecule has 1 amide bonds. The molecule has 0 aliphatic rings. The third-order valence-corrected chi connectivity index (χ3v) is 4.30. The van der Waals surface area contributed by atoms with E-state index in [1.807, 2.05) is 42.5 Å². The summed E-state index contributed by atoms with van der Waals surface area (Å²) in [4.78, 5) is 12.1. The summed E-state index contributed by atoms with van der Waals surface area (Å²) in [5, 5.41) is 0. The summed E-state index contributed by atoms with van der Waals surface area (Å²) in [5.41, 5.74) is 1.93. The molecular weight excluding hydrogens is 326 g/mol. The van der Waals surface area contributed by atoms with Crippen LogP contribution in [0.25, 0.3) is 0 Å². The van der Waals surface area contributed by atoms with E-state index in [0.717, 1.165) is 15.4 Å². The lowest BCUT2D eigenvalue weighted by Crippen LogP contribution is -2.32. The van der Waals surface area contributed by atoms with E-state index < -0.39 is 17.4 Å². The standard InChI is InChI=1S/C18H21NO4S/c1-14(2)16-10-7-11-17(12-16)23-18(20)19(3)24(21)22-13-15-8-5-4-6-9-15/h4-12,14H,13H2,1-3H3. The topological polar surface area (TPSA) is 55.8 Å². The molecular formula is C18H21NO4S. The second-order valence-electron chi connectivity index (χ2n) is 5.56. The quantitative estimate of drug-likeness (QED) is 0.791. The Balaban J connectivity index is 1.91. The fourth-order valence-electron chi connectivity index (χ4n) is 1.93. The summed E-state index contributed by atoms with van der Waals surface area (Å²) in [6.45, 7) is 4.26. The van der Waals surface area contributed by atoms with Crippen LogP contribution in [-0.4, -0.2) is 21.7 Å². The summed E-state index contributed by atoms with van der Waals surface area (Å²) < 4.78 is 23.4. The van der Waals surface area contributed by atoms with Crippen molar-refractivity contribution in [3.63, 3.8) is 0 Å². The SMILES string of the molecule is CC(C)c1cccc(OC(=O)N(C)S(=O)OCc2ccccc2)c1. The highest BCUT2D eigenvalue weighted by atomic mass is 32.2. The van der Waals surface area contributed by atoms with Crippen molar-refractivity contribution in [2.45, 2.75) is 26.4 Å². The van der Waals surface area contributed by atoms with Crippen LogP contribution in [0.4, 0.5) is 4.79 Å². The molecule has 0 N–H and O–H groups in total. The van der Waals surface area contributed by atoms with Gasteiger partial charge in [-0.3, -0.25) is 4.18 Å². The highest BCUT2D eigenvalue weighted by Crippen LogP contribution is 2.20. The van der Waals surface area contributed by atoms with Crippen LogP contribution >= 0.6 is 0 Å². The first-order valence-corrected chi connectivity index (χ1v) is 8.65. The molecule has 0 aromatic heterocycles. The molecule has 2 rings (SSSR count). The second-order valence-corrected chi connectivity index (χ2v) is 6.78. The molecule has 2 aromatic carbocycles. The smallest absolute Gasteiger partial charge is 0.409 e. The average molecular weight is 347 g/mol. The van der Waals surface area contributed by atoms with Crippen LogP contribution in [0, 0.1) is 0 Å². The molecule has 128 valence electrons. The van der Waals surface area contributed by atoms with Gasteiger partial charge in [-0.25, -0.2) is 13.3 Å². The fraction of sp³-hybridized carbons (Fsp3) is 0.278. The number of carbonyl (C=O) groups is 1. The Hall–Kier alpha value is -2.18. The van der Waals surface area contributed by atoms with Gasteiger partial charge >= 0.3 is 6.09 Å².